The van der Waals surface area contributed by atoms with Gasteiger partial charge in [0.05, 0.1) is 6.61 Å². The first-order valence-electron chi connectivity index (χ1n) is 6.07. The van der Waals surface area contributed by atoms with Crippen LogP contribution in [0.5, 0.6) is 0 Å². The Morgan fingerprint density at radius 1 is 1.28 bits per heavy atom. The molecule has 1 heterocycles. The summed E-state index contributed by atoms with van der Waals surface area (Å²) >= 11 is 5.89. The highest BCUT2D eigenvalue weighted by molar-refractivity contribution is 6.31. The predicted molar refractivity (Wildman–Crippen MR) is 72.6 cm³/mol. The summed E-state index contributed by atoms with van der Waals surface area (Å²) in [5, 5.41) is 9.48. The smallest absolute Gasteiger partial charge is 0.152 e. The molecule has 0 saturated carbocycles. The van der Waals surface area contributed by atoms with Crippen molar-refractivity contribution in [3.63, 3.8) is 0 Å². The van der Waals surface area contributed by atoms with Gasteiger partial charge in [-0.3, -0.25) is 9.69 Å². The molecule has 2 rings (SSSR count). The van der Waals surface area contributed by atoms with Crippen molar-refractivity contribution in [2.75, 3.05) is 44.2 Å². The second kappa shape index (κ2) is 6.18. The molecular formula is C13H17ClN2O2. The van der Waals surface area contributed by atoms with Gasteiger partial charge >= 0.3 is 0 Å². The minimum atomic E-state index is 0.195. The molecular weight excluding hydrogens is 252 g/mol. The second-order valence-electron chi connectivity index (χ2n) is 4.37. The van der Waals surface area contributed by atoms with Crippen LogP contribution in [0.25, 0.3) is 0 Å². The van der Waals surface area contributed by atoms with Gasteiger partial charge in [0, 0.05) is 49.0 Å². The molecule has 0 aromatic heterocycles. The summed E-state index contributed by atoms with van der Waals surface area (Å²) in [4.78, 5) is 15.5. The second-order valence-corrected chi connectivity index (χ2v) is 4.81. The van der Waals surface area contributed by atoms with Gasteiger partial charge in [-0.05, 0) is 18.2 Å². The lowest BCUT2D eigenvalue weighted by Gasteiger charge is -2.36. The van der Waals surface area contributed by atoms with E-state index in [0.29, 0.717) is 10.6 Å². The Morgan fingerprint density at radius 2 is 2.00 bits per heavy atom. The molecule has 5 heteroatoms. The van der Waals surface area contributed by atoms with E-state index in [4.69, 9.17) is 16.7 Å². The number of hydrogen-bond acceptors (Lipinski definition) is 4. The van der Waals surface area contributed by atoms with E-state index in [1.54, 1.807) is 6.07 Å². The molecule has 0 aliphatic carbocycles. The maximum absolute atomic E-state index is 11.1. The number of nitrogens with zero attached hydrogens (tertiary/aromatic N) is 2. The van der Waals surface area contributed by atoms with Crippen molar-refractivity contribution in [2.45, 2.75) is 0 Å². The SMILES string of the molecule is O=Cc1cc(Cl)ccc1N1CCN(CCO)CC1. The maximum Gasteiger partial charge on any atom is 0.152 e. The van der Waals surface area contributed by atoms with Crippen molar-refractivity contribution < 1.29 is 9.90 Å². The molecule has 0 amide bonds. The van der Waals surface area contributed by atoms with E-state index in [-0.39, 0.29) is 6.61 Å². The molecule has 0 spiro atoms. The van der Waals surface area contributed by atoms with Gasteiger partial charge in [0.15, 0.2) is 6.29 Å². The van der Waals surface area contributed by atoms with Gasteiger partial charge in [-0.15, -0.1) is 0 Å². The van der Waals surface area contributed by atoms with E-state index in [1.165, 1.54) is 0 Å². The fraction of sp³-hybridized carbons (Fsp3) is 0.462. The number of aliphatic hydroxyl groups excluding tert-OH is 1. The molecule has 4 nitrogen and oxygen atoms in total. The molecule has 0 radical (unpaired) electrons. The van der Waals surface area contributed by atoms with Gasteiger partial charge in [0.25, 0.3) is 0 Å². The fourth-order valence-electron chi connectivity index (χ4n) is 2.26. The van der Waals surface area contributed by atoms with Crippen LogP contribution in [0.3, 0.4) is 0 Å². The summed E-state index contributed by atoms with van der Waals surface area (Å²) in [5.74, 6) is 0. The first-order chi connectivity index (χ1) is 8.74. The van der Waals surface area contributed by atoms with Crippen molar-refractivity contribution in [2.24, 2.45) is 0 Å². The van der Waals surface area contributed by atoms with Crippen LogP contribution in [0.4, 0.5) is 5.69 Å². The summed E-state index contributed by atoms with van der Waals surface area (Å²) in [6.07, 6.45) is 0.849. The van der Waals surface area contributed by atoms with Gasteiger partial charge < -0.3 is 10.0 Å². The number of hydrogen-bond donors (Lipinski definition) is 1. The Hall–Kier alpha value is -1.10. The first-order valence-corrected chi connectivity index (χ1v) is 6.45. The van der Waals surface area contributed by atoms with Gasteiger partial charge in [-0.25, -0.2) is 0 Å². The number of benzene rings is 1. The molecule has 1 aliphatic rings. The molecule has 1 saturated heterocycles. The average molecular weight is 269 g/mol. The zero-order chi connectivity index (χ0) is 13.0. The minimum Gasteiger partial charge on any atom is -0.395 e. The number of anilines is 1. The van der Waals surface area contributed by atoms with Crippen LogP contribution in [0.2, 0.25) is 5.02 Å². The first kappa shape index (κ1) is 13.3. The zero-order valence-electron chi connectivity index (χ0n) is 10.2. The van der Waals surface area contributed by atoms with E-state index in [9.17, 15) is 4.79 Å². The summed E-state index contributed by atoms with van der Waals surface area (Å²) < 4.78 is 0. The number of rotatable bonds is 4. The van der Waals surface area contributed by atoms with Crippen molar-refractivity contribution in [1.82, 2.24) is 4.90 Å². The number of aldehydes is 1. The van der Waals surface area contributed by atoms with Crippen LogP contribution in [-0.2, 0) is 0 Å². The monoisotopic (exact) mass is 268 g/mol. The van der Waals surface area contributed by atoms with Crippen LogP contribution in [0.15, 0.2) is 18.2 Å². The number of β-amino-alcohol motifs (C(OH)–C–C–N with tert-alkyl or cyclic N) is 1. The normalized spacial score (nSPS) is 16.9. The molecule has 1 aromatic carbocycles. The highest BCUT2D eigenvalue weighted by atomic mass is 35.5. The lowest BCUT2D eigenvalue weighted by Crippen LogP contribution is -2.47. The number of piperazine rings is 1. The molecule has 0 atom stereocenters. The van der Waals surface area contributed by atoms with Crippen LogP contribution < -0.4 is 4.90 Å². The average Bonchev–Trinajstić information content (AvgIpc) is 2.40. The summed E-state index contributed by atoms with van der Waals surface area (Å²) in [5.41, 5.74) is 1.58. The standard InChI is InChI=1S/C13H17ClN2O2/c14-12-1-2-13(11(9-12)10-18)16-5-3-15(4-6-16)7-8-17/h1-2,9-10,17H,3-8H2. The lowest BCUT2D eigenvalue weighted by molar-refractivity contribution is 0.112. The van der Waals surface area contributed by atoms with E-state index >= 15 is 0 Å². The van der Waals surface area contributed by atoms with Crippen molar-refractivity contribution >= 4 is 23.6 Å². The summed E-state index contributed by atoms with van der Waals surface area (Å²) in [6, 6.07) is 5.40. The van der Waals surface area contributed by atoms with Crippen LogP contribution in [0.1, 0.15) is 10.4 Å². The Balaban J connectivity index is 2.07. The van der Waals surface area contributed by atoms with Crippen molar-refractivity contribution in [3.05, 3.63) is 28.8 Å². The van der Waals surface area contributed by atoms with E-state index < -0.39 is 0 Å². The molecule has 18 heavy (non-hydrogen) atoms. The summed E-state index contributed by atoms with van der Waals surface area (Å²) in [7, 11) is 0. The molecule has 0 unspecified atom stereocenters. The third-order valence-corrected chi connectivity index (χ3v) is 3.48. The molecule has 1 aliphatic heterocycles. The minimum absolute atomic E-state index is 0.195. The lowest BCUT2D eigenvalue weighted by atomic mass is 10.1. The van der Waals surface area contributed by atoms with Crippen LogP contribution in [-0.4, -0.2) is 55.6 Å². The fourth-order valence-corrected chi connectivity index (χ4v) is 2.44. The van der Waals surface area contributed by atoms with Crippen LogP contribution in [0, 0.1) is 0 Å². The molecule has 1 aromatic rings. The van der Waals surface area contributed by atoms with Gasteiger partial charge in [-0.2, -0.15) is 0 Å². The Labute approximate surface area is 112 Å². The third kappa shape index (κ3) is 3.02. The Kier molecular flexibility index (Phi) is 4.58. The molecule has 1 fully saturated rings. The van der Waals surface area contributed by atoms with E-state index in [0.717, 1.165) is 44.7 Å². The molecule has 0 bridgehead atoms. The van der Waals surface area contributed by atoms with Crippen LogP contribution >= 0.6 is 11.6 Å². The number of halogens is 1. The highest BCUT2D eigenvalue weighted by Gasteiger charge is 2.18. The van der Waals surface area contributed by atoms with Crippen molar-refractivity contribution in [1.29, 1.82) is 0 Å². The third-order valence-electron chi connectivity index (χ3n) is 3.25. The number of aliphatic hydroxyl groups is 1. The highest BCUT2D eigenvalue weighted by Crippen LogP contribution is 2.24. The van der Waals surface area contributed by atoms with E-state index in [1.807, 2.05) is 12.1 Å². The maximum atomic E-state index is 11.1. The quantitative estimate of drug-likeness (QED) is 0.836. The Morgan fingerprint density at radius 3 is 2.61 bits per heavy atom. The number of carbonyl (C=O) groups is 1. The van der Waals surface area contributed by atoms with Crippen molar-refractivity contribution in [3.8, 4) is 0 Å². The topological polar surface area (TPSA) is 43.8 Å². The molecule has 1 N–H and O–H groups in total. The number of carbonyl (C=O) groups excluding carboxylic acids is 1. The van der Waals surface area contributed by atoms with Gasteiger partial charge in [-0.1, -0.05) is 11.6 Å². The largest absolute Gasteiger partial charge is 0.395 e. The summed E-state index contributed by atoms with van der Waals surface area (Å²) in [6.45, 7) is 4.45. The molecule has 98 valence electrons. The van der Waals surface area contributed by atoms with Gasteiger partial charge in [0.2, 0.25) is 0 Å². The van der Waals surface area contributed by atoms with Gasteiger partial charge in [0.1, 0.15) is 0 Å². The zero-order valence-corrected chi connectivity index (χ0v) is 10.9. The predicted octanol–water partition coefficient (Wildman–Crippen LogP) is 1.27. The Bertz CT molecular complexity index is 417. The van der Waals surface area contributed by atoms with E-state index in [2.05, 4.69) is 9.80 Å².